The van der Waals surface area contributed by atoms with Crippen molar-refractivity contribution in [2.45, 2.75) is 6.42 Å². The number of rotatable bonds is 4. The molecule has 0 saturated heterocycles. The van der Waals surface area contributed by atoms with Crippen molar-refractivity contribution in [1.29, 1.82) is 0 Å². The number of aliphatic carboxylic acids is 1. The smallest absolute Gasteiger partial charge is 0.349 e. The van der Waals surface area contributed by atoms with Crippen LogP contribution in [0.25, 0.3) is 0 Å². The minimum atomic E-state index is -4.46. The van der Waals surface area contributed by atoms with E-state index < -0.39 is 25.7 Å². The third-order valence-corrected chi connectivity index (χ3v) is 1.63. The molecule has 0 aromatic carbocycles. The Morgan fingerprint density at radius 3 is 2.17 bits per heavy atom. The average molecular weight is 196 g/mol. The quantitative estimate of drug-likeness (QED) is 0.356. The van der Waals surface area contributed by atoms with Crippen molar-refractivity contribution in [2.75, 3.05) is 6.61 Å². The maximum atomic E-state index is 10.3. The van der Waals surface area contributed by atoms with Gasteiger partial charge in [-0.1, -0.05) is 0 Å². The van der Waals surface area contributed by atoms with E-state index in [9.17, 15) is 9.36 Å². The molecule has 0 saturated carbocycles. The molecule has 12 heavy (non-hydrogen) atoms. The fourth-order valence-corrected chi connectivity index (χ4v) is 1.20. The minimum Gasteiger partial charge on any atom is -0.478 e. The molecule has 6 nitrogen and oxygen atoms in total. The third-order valence-electron chi connectivity index (χ3n) is 0.980. The standard InChI is InChI=1S/C5H9O6P/c6-2-1-4(5(7)8)3-12(9,10)11/h3,6H,1-2H2,(H,7,8)(H2,9,10,11). The number of aliphatic hydroxyl groups excluding tert-OH is 1. The van der Waals surface area contributed by atoms with Gasteiger partial charge in [0.25, 0.3) is 0 Å². The highest BCUT2D eigenvalue weighted by molar-refractivity contribution is 7.55. The molecule has 0 unspecified atom stereocenters. The van der Waals surface area contributed by atoms with E-state index in [4.69, 9.17) is 20.0 Å². The van der Waals surface area contributed by atoms with Crippen LogP contribution in [0.4, 0.5) is 0 Å². The Balaban J connectivity index is 4.62. The van der Waals surface area contributed by atoms with Crippen molar-refractivity contribution in [3.05, 3.63) is 11.4 Å². The third kappa shape index (κ3) is 5.03. The van der Waals surface area contributed by atoms with E-state index in [2.05, 4.69) is 0 Å². The van der Waals surface area contributed by atoms with E-state index in [1.54, 1.807) is 0 Å². The Labute approximate surface area is 68.3 Å². The monoisotopic (exact) mass is 196 g/mol. The molecule has 0 atom stereocenters. The molecule has 0 aliphatic heterocycles. The Kier molecular flexibility index (Phi) is 4.12. The summed E-state index contributed by atoms with van der Waals surface area (Å²) in [7, 11) is -4.46. The zero-order valence-electron chi connectivity index (χ0n) is 6.04. The van der Waals surface area contributed by atoms with Gasteiger partial charge in [-0.05, 0) is 0 Å². The summed E-state index contributed by atoms with van der Waals surface area (Å²) < 4.78 is 10.3. The van der Waals surface area contributed by atoms with E-state index >= 15 is 0 Å². The zero-order chi connectivity index (χ0) is 9.78. The van der Waals surface area contributed by atoms with E-state index in [1.807, 2.05) is 0 Å². The van der Waals surface area contributed by atoms with Crippen LogP contribution in [0.15, 0.2) is 11.4 Å². The van der Waals surface area contributed by atoms with Crippen molar-refractivity contribution in [2.24, 2.45) is 0 Å². The summed E-state index contributed by atoms with van der Waals surface area (Å²) in [6, 6.07) is 0. The van der Waals surface area contributed by atoms with Crippen molar-refractivity contribution < 1.29 is 29.4 Å². The number of carbonyl (C=O) groups is 1. The Bertz CT molecular complexity index is 238. The zero-order valence-corrected chi connectivity index (χ0v) is 6.94. The number of carboxylic acids is 1. The first-order valence-corrected chi connectivity index (χ1v) is 4.66. The second-order valence-corrected chi connectivity index (χ2v) is 3.46. The molecule has 0 aliphatic rings. The van der Waals surface area contributed by atoms with Gasteiger partial charge in [0, 0.05) is 24.4 Å². The summed E-state index contributed by atoms with van der Waals surface area (Å²) in [5.74, 6) is -1.10. The molecule has 0 radical (unpaired) electrons. The molecule has 0 bridgehead atoms. The number of aliphatic hydroxyl groups is 1. The van der Waals surface area contributed by atoms with Gasteiger partial charge in [0.1, 0.15) is 0 Å². The van der Waals surface area contributed by atoms with E-state index in [0.29, 0.717) is 5.82 Å². The predicted molar refractivity (Wildman–Crippen MR) is 39.5 cm³/mol. The predicted octanol–water partition coefficient (Wildman–Crippen LogP) is -0.485. The fourth-order valence-electron chi connectivity index (χ4n) is 0.550. The van der Waals surface area contributed by atoms with Gasteiger partial charge < -0.3 is 20.0 Å². The molecule has 0 aliphatic carbocycles. The fraction of sp³-hybridized carbons (Fsp3) is 0.400. The lowest BCUT2D eigenvalue weighted by Gasteiger charge is -2.00. The van der Waals surface area contributed by atoms with Gasteiger partial charge in [-0.2, -0.15) is 0 Å². The highest BCUT2D eigenvalue weighted by atomic mass is 31.2. The lowest BCUT2D eigenvalue weighted by molar-refractivity contribution is -0.132. The Hall–Kier alpha value is -0.680. The Morgan fingerprint density at radius 2 is 1.92 bits per heavy atom. The molecule has 0 aromatic rings. The molecule has 4 N–H and O–H groups in total. The van der Waals surface area contributed by atoms with Crippen LogP contribution in [0.3, 0.4) is 0 Å². The lowest BCUT2D eigenvalue weighted by atomic mass is 10.2. The van der Waals surface area contributed by atoms with Crippen LogP contribution >= 0.6 is 7.60 Å². The number of carboxylic acid groups (broad SMARTS) is 1. The van der Waals surface area contributed by atoms with Gasteiger partial charge in [0.15, 0.2) is 0 Å². The van der Waals surface area contributed by atoms with Crippen LogP contribution in [-0.4, -0.2) is 32.6 Å². The summed E-state index contributed by atoms with van der Waals surface area (Å²) in [6.45, 7) is -0.460. The second-order valence-electron chi connectivity index (χ2n) is 2.02. The summed E-state index contributed by atoms with van der Waals surface area (Å²) in [6.07, 6.45) is -0.277. The molecule has 0 rings (SSSR count). The first-order chi connectivity index (χ1) is 5.37. The number of hydrogen-bond acceptors (Lipinski definition) is 3. The largest absolute Gasteiger partial charge is 0.478 e. The maximum absolute atomic E-state index is 10.3. The SMILES string of the molecule is O=C(O)C(=CP(=O)(O)O)CCO. The van der Waals surface area contributed by atoms with Crippen LogP contribution in [0, 0.1) is 0 Å². The van der Waals surface area contributed by atoms with Crippen molar-refractivity contribution in [1.82, 2.24) is 0 Å². The van der Waals surface area contributed by atoms with E-state index in [-0.39, 0.29) is 6.42 Å². The van der Waals surface area contributed by atoms with Gasteiger partial charge in [0.2, 0.25) is 0 Å². The Morgan fingerprint density at radius 1 is 1.42 bits per heavy atom. The number of hydrogen-bond donors (Lipinski definition) is 4. The molecular weight excluding hydrogens is 187 g/mol. The normalized spacial score (nSPS) is 13.1. The first-order valence-electron chi connectivity index (χ1n) is 2.98. The molecule has 7 heteroatoms. The van der Waals surface area contributed by atoms with Crippen LogP contribution < -0.4 is 0 Å². The van der Waals surface area contributed by atoms with Crippen LogP contribution in [0.2, 0.25) is 0 Å². The van der Waals surface area contributed by atoms with E-state index in [0.717, 1.165) is 0 Å². The van der Waals surface area contributed by atoms with Crippen molar-refractivity contribution in [3.63, 3.8) is 0 Å². The summed E-state index contributed by atoms with van der Waals surface area (Å²) in [5, 5.41) is 16.7. The molecule has 70 valence electrons. The molecule has 0 aromatic heterocycles. The summed E-state index contributed by atoms with van der Waals surface area (Å²) in [5.41, 5.74) is -0.481. The van der Waals surface area contributed by atoms with Crippen molar-refractivity contribution in [3.8, 4) is 0 Å². The summed E-state index contributed by atoms with van der Waals surface area (Å²) in [4.78, 5) is 27.0. The van der Waals surface area contributed by atoms with Crippen LogP contribution in [-0.2, 0) is 9.36 Å². The second kappa shape index (κ2) is 4.37. The molecule has 0 spiro atoms. The minimum absolute atomic E-state index is 0.277. The molecular formula is C5H9O6P. The average Bonchev–Trinajstić information content (AvgIpc) is 1.83. The highest BCUT2D eigenvalue weighted by Crippen LogP contribution is 2.38. The van der Waals surface area contributed by atoms with Crippen LogP contribution in [0.1, 0.15) is 6.42 Å². The highest BCUT2D eigenvalue weighted by Gasteiger charge is 2.15. The van der Waals surface area contributed by atoms with Gasteiger partial charge in [-0.25, -0.2) is 4.79 Å². The topological polar surface area (TPSA) is 115 Å². The maximum Gasteiger partial charge on any atom is 0.349 e. The van der Waals surface area contributed by atoms with E-state index in [1.165, 1.54) is 0 Å². The molecule has 0 heterocycles. The van der Waals surface area contributed by atoms with Gasteiger partial charge >= 0.3 is 13.6 Å². The van der Waals surface area contributed by atoms with Gasteiger partial charge in [-0.3, -0.25) is 4.57 Å². The lowest BCUT2D eigenvalue weighted by Crippen LogP contribution is -2.02. The summed E-state index contributed by atoms with van der Waals surface area (Å²) >= 11 is 0. The van der Waals surface area contributed by atoms with Gasteiger partial charge in [-0.15, -0.1) is 0 Å². The van der Waals surface area contributed by atoms with Crippen LogP contribution in [0.5, 0.6) is 0 Å². The van der Waals surface area contributed by atoms with Crippen molar-refractivity contribution >= 4 is 13.6 Å². The molecule has 0 amide bonds. The molecule has 0 fully saturated rings. The first kappa shape index (κ1) is 11.3. The van der Waals surface area contributed by atoms with Gasteiger partial charge in [0.05, 0.1) is 0 Å².